The maximum atomic E-state index is 12.8. The first kappa shape index (κ1) is 11.0. The Bertz CT molecular complexity index is 352. The Hall–Kier alpha value is -1.11. The molecular formula is C7H5F4NOS. The van der Waals surface area contributed by atoms with Gasteiger partial charge < -0.3 is 10.5 Å². The molecule has 0 amide bonds. The maximum absolute atomic E-state index is 12.8. The smallest absolute Gasteiger partial charge is 0.402 e. The molecule has 2 N–H and O–H groups in total. The van der Waals surface area contributed by atoms with Crippen molar-refractivity contribution in [2.45, 2.75) is 11.3 Å². The van der Waals surface area contributed by atoms with Gasteiger partial charge in [0.1, 0.15) is 5.82 Å². The molecule has 2 nitrogen and oxygen atoms in total. The van der Waals surface area contributed by atoms with Gasteiger partial charge in [0.25, 0.3) is 0 Å². The molecule has 0 fully saturated rings. The molecule has 0 radical (unpaired) electrons. The van der Waals surface area contributed by atoms with Crippen LogP contribution in [0.2, 0.25) is 0 Å². The summed E-state index contributed by atoms with van der Waals surface area (Å²) in [6.07, 6.45) is -4.92. The minimum atomic E-state index is -4.92. The molecule has 0 heterocycles. The Morgan fingerprint density at radius 2 is 1.86 bits per heavy atom. The standard InChI is InChI=1S/C7H5F4NOS/c8-3-1-2-4(12)5(6(3)14)13-7(9,10)11/h1-2,14H,12H2. The predicted molar refractivity (Wildman–Crippen MR) is 44.7 cm³/mol. The van der Waals surface area contributed by atoms with E-state index >= 15 is 0 Å². The van der Waals surface area contributed by atoms with Gasteiger partial charge in [0.2, 0.25) is 0 Å². The molecule has 0 aliphatic carbocycles. The number of alkyl halides is 3. The zero-order valence-electron chi connectivity index (χ0n) is 6.60. The van der Waals surface area contributed by atoms with Crippen molar-refractivity contribution in [3.63, 3.8) is 0 Å². The molecule has 1 aromatic carbocycles. The largest absolute Gasteiger partial charge is 0.573 e. The van der Waals surface area contributed by atoms with Gasteiger partial charge in [-0.2, -0.15) is 0 Å². The SMILES string of the molecule is Nc1ccc(F)c(S)c1OC(F)(F)F. The Morgan fingerprint density at radius 3 is 2.36 bits per heavy atom. The summed E-state index contributed by atoms with van der Waals surface area (Å²) in [5.41, 5.74) is 4.83. The molecule has 1 rings (SSSR count). The fourth-order valence-corrected chi connectivity index (χ4v) is 1.04. The Labute approximate surface area is 82.1 Å². The maximum Gasteiger partial charge on any atom is 0.573 e. The van der Waals surface area contributed by atoms with Crippen LogP contribution in [-0.4, -0.2) is 6.36 Å². The first-order valence-corrected chi connectivity index (χ1v) is 3.78. The molecule has 7 heteroatoms. The highest BCUT2D eigenvalue weighted by Gasteiger charge is 2.33. The number of nitrogens with two attached hydrogens (primary N) is 1. The summed E-state index contributed by atoms with van der Waals surface area (Å²) in [4.78, 5) is -0.567. The number of halogens is 4. The van der Waals surface area contributed by atoms with E-state index in [1.165, 1.54) is 0 Å². The fourth-order valence-electron chi connectivity index (χ4n) is 0.786. The molecule has 0 unspecified atom stereocenters. The number of hydrogen-bond acceptors (Lipinski definition) is 3. The van der Waals surface area contributed by atoms with Crippen LogP contribution in [0.15, 0.2) is 17.0 Å². The van der Waals surface area contributed by atoms with Gasteiger partial charge in [-0.25, -0.2) is 4.39 Å². The second-order valence-corrected chi connectivity index (χ2v) is 2.81. The summed E-state index contributed by atoms with van der Waals surface area (Å²) in [6, 6.07) is 1.87. The van der Waals surface area contributed by atoms with Crippen LogP contribution in [0.25, 0.3) is 0 Å². The van der Waals surface area contributed by atoms with Gasteiger partial charge >= 0.3 is 6.36 Å². The van der Waals surface area contributed by atoms with E-state index in [0.29, 0.717) is 0 Å². The average molecular weight is 227 g/mol. The fraction of sp³-hybridized carbons (Fsp3) is 0.143. The van der Waals surface area contributed by atoms with Crippen molar-refractivity contribution in [2.24, 2.45) is 0 Å². The van der Waals surface area contributed by atoms with Gasteiger partial charge in [0, 0.05) is 0 Å². The van der Waals surface area contributed by atoms with E-state index in [2.05, 4.69) is 17.4 Å². The van der Waals surface area contributed by atoms with E-state index in [0.717, 1.165) is 12.1 Å². The van der Waals surface area contributed by atoms with E-state index in [9.17, 15) is 17.6 Å². The molecule has 0 atom stereocenters. The molecule has 78 valence electrons. The van der Waals surface area contributed by atoms with Crippen LogP contribution >= 0.6 is 12.6 Å². The average Bonchev–Trinajstić information content (AvgIpc) is 2.04. The summed E-state index contributed by atoms with van der Waals surface area (Å²) in [7, 11) is 0. The zero-order chi connectivity index (χ0) is 10.9. The molecule has 0 spiro atoms. The molecule has 0 aliphatic heterocycles. The topological polar surface area (TPSA) is 35.2 Å². The lowest BCUT2D eigenvalue weighted by Crippen LogP contribution is -2.18. The van der Waals surface area contributed by atoms with Gasteiger partial charge in [0.15, 0.2) is 5.75 Å². The van der Waals surface area contributed by atoms with Crippen LogP contribution < -0.4 is 10.5 Å². The van der Waals surface area contributed by atoms with Crippen molar-refractivity contribution in [2.75, 3.05) is 5.73 Å². The predicted octanol–water partition coefficient (Wildman–Crippen LogP) is 2.60. The second kappa shape index (κ2) is 3.56. The van der Waals surface area contributed by atoms with E-state index in [1.54, 1.807) is 0 Å². The zero-order valence-corrected chi connectivity index (χ0v) is 7.49. The number of nitrogen functional groups attached to an aromatic ring is 1. The molecule has 0 aromatic heterocycles. The van der Waals surface area contributed by atoms with Gasteiger partial charge in [-0.05, 0) is 12.1 Å². The number of ether oxygens (including phenoxy) is 1. The van der Waals surface area contributed by atoms with Crippen molar-refractivity contribution >= 4 is 18.3 Å². The molecular weight excluding hydrogens is 222 g/mol. The second-order valence-electron chi connectivity index (χ2n) is 2.36. The third-order valence-corrected chi connectivity index (χ3v) is 1.75. The van der Waals surface area contributed by atoms with Crippen LogP contribution in [0.4, 0.5) is 23.2 Å². The summed E-state index contributed by atoms with van der Waals surface area (Å²) in [5, 5.41) is 0. The Morgan fingerprint density at radius 1 is 1.29 bits per heavy atom. The van der Waals surface area contributed by atoms with Crippen LogP contribution in [0.3, 0.4) is 0 Å². The summed E-state index contributed by atoms with van der Waals surface area (Å²) in [6.45, 7) is 0. The van der Waals surface area contributed by atoms with Crippen molar-refractivity contribution in [1.29, 1.82) is 0 Å². The van der Waals surface area contributed by atoms with Gasteiger partial charge in [-0.15, -0.1) is 25.8 Å². The van der Waals surface area contributed by atoms with Crippen LogP contribution in [0.5, 0.6) is 5.75 Å². The first-order valence-electron chi connectivity index (χ1n) is 3.34. The number of hydrogen-bond donors (Lipinski definition) is 2. The molecule has 0 saturated carbocycles. The summed E-state index contributed by atoms with van der Waals surface area (Å²) in [5.74, 6) is -1.75. The summed E-state index contributed by atoms with van der Waals surface area (Å²) >= 11 is 3.51. The molecule has 14 heavy (non-hydrogen) atoms. The minimum Gasteiger partial charge on any atom is -0.402 e. The first-order chi connectivity index (χ1) is 6.31. The molecule has 0 aliphatic rings. The monoisotopic (exact) mass is 227 g/mol. The highest BCUT2D eigenvalue weighted by atomic mass is 32.1. The molecule has 0 bridgehead atoms. The normalized spacial score (nSPS) is 11.5. The van der Waals surface area contributed by atoms with Crippen molar-refractivity contribution < 1.29 is 22.3 Å². The third-order valence-electron chi connectivity index (χ3n) is 1.33. The van der Waals surface area contributed by atoms with Gasteiger partial charge in [0.05, 0.1) is 10.6 Å². The lowest BCUT2D eigenvalue weighted by atomic mass is 10.3. The lowest BCUT2D eigenvalue weighted by Gasteiger charge is -2.13. The minimum absolute atomic E-state index is 0.325. The quantitative estimate of drug-likeness (QED) is 0.439. The van der Waals surface area contributed by atoms with Crippen LogP contribution in [-0.2, 0) is 0 Å². The molecule has 0 saturated heterocycles. The highest BCUT2D eigenvalue weighted by molar-refractivity contribution is 7.80. The number of rotatable bonds is 1. The highest BCUT2D eigenvalue weighted by Crippen LogP contribution is 2.35. The lowest BCUT2D eigenvalue weighted by molar-refractivity contribution is -0.275. The number of anilines is 1. The van der Waals surface area contributed by atoms with Crippen molar-refractivity contribution in [1.82, 2.24) is 0 Å². The molecule has 1 aromatic rings. The van der Waals surface area contributed by atoms with Gasteiger partial charge in [-0.3, -0.25) is 0 Å². The van der Waals surface area contributed by atoms with Crippen LogP contribution in [0.1, 0.15) is 0 Å². The van der Waals surface area contributed by atoms with E-state index in [1.807, 2.05) is 0 Å². The Balaban J connectivity index is 3.13. The van der Waals surface area contributed by atoms with Crippen molar-refractivity contribution in [3.05, 3.63) is 17.9 Å². The third kappa shape index (κ3) is 2.44. The van der Waals surface area contributed by atoms with E-state index in [-0.39, 0.29) is 5.69 Å². The Kier molecular flexibility index (Phi) is 2.79. The van der Waals surface area contributed by atoms with Crippen molar-refractivity contribution in [3.8, 4) is 5.75 Å². The van der Waals surface area contributed by atoms with Gasteiger partial charge in [-0.1, -0.05) is 0 Å². The number of benzene rings is 1. The number of thiol groups is 1. The van der Waals surface area contributed by atoms with E-state index < -0.39 is 22.8 Å². The summed E-state index contributed by atoms with van der Waals surface area (Å²) < 4.78 is 51.7. The van der Waals surface area contributed by atoms with Crippen LogP contribution in [0, 0.1) is 5.82 Å². The van der Waals surface area contributed by atoms with E-state index in [4.69, 9.17) is 5.73 Å².